The third-order valence-electron chi connectivity index (χ3n) is 4.21. The molecule has 5 heterocycles. The topological polar surface area (TPSA) is 100 Å². The van der Waals surface area contributed by atoms with E-state index in [0.29, 0.717) is 16.1 Å². The minimum absolute atomic E-state index is 0.142. The number of rotatable bonds is 6. The minimum atomic E-state index is -0.589. The molecule has 0 spiro atoms. The summed E-state index contributed by atoms with van der Waals surface area (Å²) < 4.78 is 11.6. The van der Waals surface area contributed by atoms with Crippen LogP contribution in [0.1, 0.15) is 5.82 Å². The van der Waals surface area contributed by atoms with Crippen molar-refractivity contribution in [2.24, 2.45) is 0 Å². The first-order valence-electron chi connectivity index (χ1n) is 8.71. The van der Waals surface area contributed by atoms with Crippen LogP contribution in [0.2, 0.25) is 0 Å². The Morgan fingerprint density at radius 2 is 1.93 bits per heavy atom. The van der Waals surface area contributed by atoms with Crippen molar-refractivity contribution >= 4 is 50.2 Å². The quantitative estimate of drug-likeness (QED) is 0.356. The summed E-state index contributed by atoms with van der Waals surface area (Å²) in [5.74, 6) is 0.0413. The van der Waals surface area contributed by atoms with Crippen LogP contribution in [-0.2, 0) is 22.7 Å². The number of carbonyl (C=O) groups is 1. The first-order valence-corrected chi connectivity index (χ1v) is 11.4. The van der Waals surface area contributed by atoms with E-state index >= 15 is 0 Å². The van der Waals surface area contributed by atoms with Crippen molar-refractivity contribution in [1.29, 1.82) is 0 Å². The van der Waals surface area contributed by atoms with Crippen LogP contribution < -0.4 is 5.56 Å². The van der Waals surface area contributed by atoms with Crippen LogP contribution in [0.3, 0.4) is 0 Å². The Balaban J connectivity index is 1.31. The second-order valence-corrected chi connectivity index (χ2v) is 8.89. The van der Waals surface area contributed by atoms with Crippen LogP contribution in [0.25, 0.3) is 31.4 Å². The van der Waals surface area contributed by atoms with E-state index in [4.69, 9.17) is 9.26 Å². The van der Waals surface area contributed by atoms with Gasteiger partial charge in [-0.05, 0) is 22.9 Å². The molecule has 0 amide bonds. The molecule has 150 valence electrons. The first-order chi connectivity index (χ1) is 14.7. The van der Waals surface area contributed by atoms with Crippen LogP contribution >= 0.6 is 34.0 Å². The predicted molar refractivity (Wildman–Crippen MR) is 115 cm³/mol. The smallest absolute Gasteiger partial charge is 0.326 e. The molecule has 30 heavy (non-hydrogen) atoms. The van der Waals surface area contributed by atoms with Crippen molar-refractivity contribution in [2.45, 2.75) is 13.2 Å². The molecule has 11 heteroatoms. The van der Waals surface area contributed by atoms with Gasteiger partial charge in [0.1, 0.15) is 11.4 Å². The molecular weight excluding hydrogens is 444 g/mol. The molecule has 0 saturated heterocycles. The number of ether oxygens (including phenoxy) is 1. The van der Waals surface area contributed by atoms with Crippen molar-refractivity contribution in [2.75, 3.05) is 0 Å². The van der Waals surface area contributed by atoms with Gasteiger partial charge in [0.2, 0.25) is 5.82 Å². The predicted octanol–water partition coefficient (Wildman–Crippen LogP) is 4.04. The summed E-state index contributed by atoms with van der Waals surface area (Å²) in [4.78, 5) is 36.2. The monoisotopic (exact) mass is 456 g/mol. The molecule has 0 unspecified atom stereocenters. The van der Waals surface area contributed by atoms with Gasteiger partial charge < -0.3 is 9.26 Å². The Kier molecular flexibility index (Phi) is 4.99. The summed E-state index contributed by atoms with van der Waals surface area (Å²) in [5, 5.41) is 10.1. The van der Waals surface area contributed by atoms with Gasteiger partial charge in [-0.1, -0.05) is 17.3 Å². The highest BCUT2D eigenvalue weighted by Crippen LogP contribution is 2.33. The molecule has 0 fully saturated rings. The van der Waals surface area contributed by atoms with Gasteiger partial charge in [0.05, 0.1) is 16.6 Å². The van der Waals surface area contributed by atoms with Crippen molar-refractivity contribution in [1.82, 2.24) is 19.7 Å². The third kappa shape index (κ3) is 3.58. The summed E-state index contributed by atoms with van der Waals surface area (Å²) in [6, 6.07) is 7.62. The molecule has 0 bridgehead atoms. The average Bonchev–Trinajstić information content (AvgIpc) is 3.55. The molecular formula is C19H12N4O4S3. The molecule has 5 rings (SSSR count). The number of carbonyl (C=O) groups excluding carboxylic acids is 1. The Hall–Kier alpha value is -3.15. The van der Waals surface area contributed by atoms with Crippen LogP contribution in [0.5, 0.6) is 0 Å². The number of thiophene rings is 3. The highest BCUT2D eigenvalue weighted by atomic mass is 32.1. The van der Waals surface area contributed by atoms with Crippen molar-refractivity contribution < 1.29 is 14.1 Å². The fourth-order valence-corrected chi connectivity index (χ4v) is 5.20. The van der Waals surface area contributed by atoms with Gasteiger partial charge in [0, 0.05) is 15.8 Å². The van der Waals surface area contributed by atoms with Crippen LogP contribution in [0, 0.1) is 0 Å². The Morgan fingerprint density at radius 1 is 1.13 bits per heavy atom. The van der Waals surface area contributed by atoms with Gasteiger partial charge >= 0.3 is 5.97 Å². The van der Waals surface area contributed by atoms with Gasteiger partial charge in [-0.15, -0.1) is 34.0 Å². The summed E-state index contributed by atoms with van der Waals surface area (Å²) in [6.45, 7) is -0.395. The lowest BCUT2D eigenvalue weighted by Crippen LogP contribution is -2.25. The van der Waals surface area contributed by atoms with E-state index < -0.39 is 5.97 Å². The fraction of sp³-hybridized carbons (Fsp3) is 0.105. The van der Waals surface area contributed by atoms with E-state index in [1.807, 2.05) is 40.4 Å². The maximum Gasteiger partial charge on any atom is 0.326 e. The van der Waals surface area contributed by atoms with E-state index in [-0.39, 0.29) is 24.5 Å². The molecule has 5 aromatic rings. The molecule has 0 radical (unpaired) electrons. The van der Waals surface area contributed by atoms with E-state index in [9.17, 15) is 9.59 Å². The van der Waals surface area contributed by atoms with E-state index in [0.717, 1.165) is 15.3 Å². The summed E-state index contributed by atoms with van der Waals surface area (Å²) in [6.07, 6.45) is 1.36. The zero-order valence-corrected chi connectivity index (χ0v) is 17.6. The molecule has 0 aliphatic carbocycles. The van der Waals surface area contributed by atoms with Crippen molar-refractivity contribution in [3.05, 3.63) is 62.9 Å². The SMILES string of the molecule is O=C(Cn1cnc2scc(-c3cccs3)c2c1=O)OCc1noc(-c2cccs2)n1. The fourth-order valence-electron chi connectivity index (χ4n) is 2.84. The third-order valence-corrected chi connectivity index (χ3v) is 6.86. The summed E-state index contributed by atoms with van der Waals surface area (Å²) >= 11 is 4.42. The number of fused-ring (bicyclic) bond motifs is 1. The maximum absolute atomic E-state index is 12.9. The number of esters is 1. The Morgan fingerprint density at radius 3 is 2.70 bits per heavy atom. The molecule has 0 aliphatic heterocycles. The molecule has 0 N–H and O–H groups in total. The zero-order chi connectivity index (χ0) is 20.5. The van der Waals surface area contributed by atoms with E-state index in [2.05, 4.69) is 15.1 Å². The van der Waals surface area contributed by atoms with Crippen molar-refractivity contribution in [3.63, 3.8) is 0 Å². The zero-order valence-electron chi connectivity index (χ0n) is 15.2. The van der Waals surface area contributed by atoms with Crippen LogP contribution in [0.15, 0.2) is 56.1 Å². The number of hydrogen-bond acceptors (Lipinski definition) is 10. The van der Waals surface area contributed by atoms with Gasteiger partial charge in [-0.3, -0.25) is 14.2 Å². The van der Waals surface area contributed by atoms with E-state index in [1.54, 1.807) is 11.3 Å². The average molecular weight is 457 g/mol. The second-order valence-electron chi connectivity index (χ2n) is 6.14. The molecule has 0 atom stereocenters. The lowest BCUT2D eigenvalue weighted by Gasteiger charge is -2.05. The van der Waals surface area contributed by atoms with Crippen molar-refractivity contribution in [3.8, 4) is 21.2 Å². The highest BCUT2D eigenvalue weighted by molar-refractivity contribution is 7.18. The van der Waals surface area contributed by atoms with Gasteiger partial charge in [-0.25, -0.2) is 4.98 Å². The van der Waals surface area contributed by atoms with Gasteiger partial charge in [-0.2, -0.15) is 4.98 Å². The first kappa shape index (κ1) is 18.9. The lowest BCUT2D eigenvalue weighted by molar-refractivity contribution is -0.146. The normalized spacial score (nSPS) is 11.2. The molecule has 5 aromatic heterocycles. The molecule has 0 saturated carbocycles. The standard InChI is InChI=1S/C19H12N4O4S3/c24-15(26-8-14-21-17(27-22-14)13-4-2-6-29-13)7-23-10-20-18-16(19(23)25)11(9-30-18)12-3-1-5-28-12/h1-6,9-10H,7-8H2. The number of hydrogen-bond donors (Lipinski definition) is 0. The largest absolute Gasteiger partial charge is 0.456 e. The highest BCUT2D eigenvalue weighted by Gasteiger charge is 2.16. The van der Waals surface area contributed by atoms with Gasteiger partial charge in [0.15, 0.2) is 6.61 Å². The summed E-state index contributed by atoms with van der Waals surface area (Å²) in [7, 11) is 0. The molecule has 8 nitrogen and oxygen atoms in total. The Bertz CT molecular complexity index is 1370. The number of nitrogens with zero attached hydrogens (tertiary/aromatic N) is 4. The number of aromatic nitrogens is 4. The second kappa shape index (κ2) is 7.94. The molecule has 0 aliphatic rings. The lowest BCUT2D eigenvalue weighted by atomic mass is 10.2. The van der Waals surface area contributed by atoms with Crippen LogP contribution in [-0.4, -0.2) is 25.7 Å². The van der Waals surface area contributed by atoms with E-state index in [1.165, 1.54) is 33.6 Å². The van der Waals surface area contributed by atoms with Gasteiger partial charge in [0.25, 0.3) is 11.4 Å². The minimum Gasteiger partial charge on any atom is -0.456 e. The Labute approximate surface area is 181 Å². The maximum atomic E-state index is 12.9. The summed E-state index contributed by atoms with van der Waals surface area (Å²) in [5.41, 5.74) is 0.555. The molecule has 0 aromatic carbocycles. The van der Waals surface area contributed by atoms with Crippen LogP contribution in [0.4, 0.5) is 0 Å².